The summed E-state index contributed by atoms with van der Waals surface area (Å²) < 4.78 is 30.7. The summed E-state index contributed by atoms with van der Waals surface area (Å²) in [4.78, 5) is 15.3. The molecule has 88 valence electrons. The van der Waals surface area contributed by atoms with Crippen LogP contribution in [0, 0.1) is 10.6 Å². The number of rotatable bonds is 3. The molecule has 3 nitrogen and oxygen atoms in total. The van der Waals surface area contributed by atoms with Crippen molar-refractivity contribution in [1.29, 1.82) is 0 Å². The van der Waals surface area contributed by atoms with Crippen LogP contribution in [0.4, 0.5) is 8.78 Å². The van der Waals surface area contributed by atoms with Crippen molar-refractivity contribution in [2.75, 3.05) is 6.61 Å². The minimum absolute atomic E-state index is 0.133. The van der Waals surface area contributed by atoms with E-state index in [-0.39, 0.29) is 17.9 Å². The lowest BCUT2D eigenvalue weighted by atomic mass is 10.1. The normalized spacial score (nSPS) is 10.6. The van der Waals surface area contributed by atoms with Gasteiger partial charge in [0, 0.05) is 0 Å². The first kappa shape index (κ1) is 13.3. The molecule has 0 aliphatic carbocycles. The SMILES string of the molecule is CCOC(=O)c1nc(I)cc(C)c1C(F)F. The van der Waals surface area contributed by atoms with E-state index in [9.17, 15) is 13.6 Å². The van der Waals surface area contributed by atoms with Crippen molar-refractivity contribution in [3.63, 3.8) is 0 Å². The maximum atomic E-state index is 12.8. The van der Waals surface area contributed by atoms with Crippen molar-refractivity contribution in [2.24, 2.45) is 0 Å². The van der Waals surface area contributed by atoms with Crippen LogP contribution < -0.4 is 0 Å². The third-order valence-corrected chi connectivity index (χ3v) is 2.47. The van der Waals surface area contributed by atoms with E-state index in [1.807, 2.05) is 22.6 Å². The number of halogens is 3. The molecule has 1 rings (SSSR count). The van der Waals surface area contributed by atoms with Crippen LogP contribution in [-0.4, -0.2) is 17.6 Å². The van der Waals surface area contributed by atoms with E-state index in [1.54, 1.807) is 6.92 Å². The molecule has 1 aromatic rings. The molecule has 0 N–H and O–H groups in total. The molecule has 0 spiro atoms. The summed E-state index contributed by atoms with van der Waals surface area (Å²) in [5.74, 6) is -0.806. The fourth-order valence-corrected chi connectivity index (χ4v) is 1.98. The first-order valence-corrected chi connectivity index (χ1v) is 5.67. The lowest BCUT2D eigenvalue weighted by Crippen LogP contribution is -2.13. The highest BCUT2D eigenvalue weighted by Crippen LogP contribution is 2.27. The minimum atomic E-state index is -2.73. The smallest absolute Gasteiger partial charge is 0.357 e. The van der Waals surface area contributed by atoms with Crippen LogP contribution in [0.1, 0.15) is 35.0 Å². The van der Waals surface area contributed by atoms with Crippen molar-refractivity contribution < 1.29 is 18.3 Å². The monoisotopic (exact) mass is 341 g/mol. The number of hydrogen-bond acceptors (Lipinski definition) is 3. The van der Waals surface area contributed by atoms with Gasteiger partial charge in [0.2, 0.25) is 0 Å². The van der Waals surface area contributed by atoms with Crippen LogP contribution in [0.3, 0.4) is 0 Å². The average Bonchev–Trinajstić information content (AvgIpc) is 2.15. The van der Waals surface area contributed by atoms with Gasteiger partial charge >= 0.3 is 5.97 Å². The van der Waals surface area contributed by atoms with E-state index in [1.165, 1.54) is 13.0 Å². The van der Waals surface area contributed by atoms with E-state index in [4.69, 9.17) is 4.74 Å². The van der Waals surface area contributed by atoms with Gasteiger partial charge in [-0.15, -0.1) is 0 Å². The summed E-state index contributed by atoms with van der Waals surface area (Å²) in [6, 6.07) is 1.50. The number of pyridine rings is 1. The Morgan fingerprint density at radius 1 is 1.62 bits per heavy atom. The molecule has 0 aliphatic heterocycles. The number of esters is 1. The Bertz CT molecular complexity index is 410. The molecular formula is C10H10F2INO2. The first-order chi connectivity index (χ1) is 7.47. The Balaban J connectivity index is 3.29. The van der Waals surface area contributed by atoms with Crippen molar-refractivity contribution >= 4 is 28.6 Å². The summed E-state index contributed by atoms with van der Waals surface area (Å²) in [5.41, 5.74) is -0.294. The van der Waals surface area contributed by atoms with E-state index < -0.39 is 12.4 Å². The van der Waals surface area contributed by atoms with Crippen molar-refractivity contribution in [2.45, 2.75) is 20.3 Å². The van der Waals surface area contributed by atoms with E-state index in [0.29, 0.717) is 9.26 Å². The van der Waals surface area contributed by atoms with Crippen molar-refractivity contribution in [1.82, 2.24) is 4.98 Å². The molecule has 0 radical (unpaired) electrons. The zero-order chi connectivity index (χ0) is 12.3. The third kappa shape index (κ3) is 2.87. The highest BCUT2D eigenvalue weighted by Gasteiger charge is 2.23. The summed E-state index contributed by atoms with van der Waals surface area (Å²) in [5, 5.41) is 0. The van der Waals surface area contributed by atoms with E-state index in [0.717, 1.165) is 0 Å². The molecule has 0 saturated carbocycles. The van der Waals surface area contributed by atoms with Gasteiger partial charge in [-0.3, -0.25) is 0 Å². The first-order valence-electron chi connectivity index (χ1n) is 4.59. The maximum absolute atomic E-state index is 12.8. The molecule has 0 aromatic carbocycles. The molecule has 0 atom stereocenters. The van der Waals surface area contributed by atoms with Gasteiger partial charge in [0.05, 0.1) is 12.2 Å². The number of carbonyl (C=O) groups excluding carboxylic acids is 1. The number of aryl methyl sites for hydroxylation is 1. The second-order valence-electron chi connectivity index (χ2n) is 3.05. The number of alkyl halides is 2. The molecule has 0 bridgehead atoms. The summed E-state index contributed by atoms with van der Waals surface area (Å²) in [7, 11) is 0. The van der Waals surface area contributed by atoms with Gasteiger partial charge < -0.3 is 4.74 Å². The lowest BCUT2D eigenvalue weighted by Gasteiger charge is -2.10. The standard InChI is InChI=1S/C10H10F2INO2/c1-3-16-10(15)8-7(9(11)12)5(2)4-6(13)14-8/h4,9H,3H2,1-2H3. The van der Waals surface area contributed by atoms with Crippen LogP contribution in [0.25, 0.3) is 0 Å². The molecule has 0 amide bonds. The Morgan fingerprint density at radius 2 is 2.25 bits per heavy atom. The maximum Gasteiger partial charge on any atom is 0.357 e. The second kappa shape index (κ2) is 5.51. The van der Waals surface area contributed by atoms with E-state index >= 15 is 0 Å². The van der Waals surface area contributed by atoms with Gasteiger partial charge in [0.25, 0.3) is 6.43 Å². The van der Waals surface area contributed by atoms with Crippen LogP contribution >= 0.6 is 22.6 Å². The number of aromatic nitrogens is 1. The van der Waals surface area contributed by atoms with Crippen LogP contribution in [0.15, 0.2) is 6.07 Å². The molecule has 0 aliphatic rings. The molecule has 0 fully saturated rings. The predicted molar refractivity (Wildman–Crippen MR) is 62.6 cm³/mol. The molecular weight excluding hydrogens is 331 g/mol. The van der Waals surface area contributed by atoms with Gasteiger partial charge in [-0.25, -0.2) is 18.6 Å². The molecule has 16 heavy (non-hydrogen) atoms. The van der Waals surface area contributed by atoms with Crippen LogP contribution in [0.2, 0.25) is 0 Å². The predicted octanol–water partition coefficient (Wildman–Crippen LogP) is 3.11. The summed E-state index contributed by atoms with van der Waals surface area (Å²) in [6.45, 7) is 3.27. The average molecular weight is 341 g/mol. The van der Waals surface area contributed by atoms with Gasteiger partial charge in [0.1, 0.15) is 3.70 Å². The number of nitrogens with zero attached hydrogens (tertiary/aromatic N) is 1. The zero-order valence-corrected chi connectivity index (χ0v) is 10.9. The van der Waals surface area contributed by atoms with Gasteiger partial charge in [-0.2, -0.15) is 0 Å². The number of carbonyl (C=O) groups is 1. The number of hydrogen-bond donors (Lipinski definition) is 0. The topological polar surface area (TPSA) is 39.2 Å². The van der Waals surface area contributed by atoms with Crippen LogP contribution in [0.5, 0.6) is 0 Å². The minimum Gasteiger partial charge on any atom is -0.461 e. The molecule has 1 aromatic heterocycles. The van der Waals surface area contributed by atoms with E-state index in [2.05, 4.69) is 4.98 Å². The molecule has 0 unspecified atom stereocenters. The highest BCUT2D eigenvalue weighted by atomic mass is 127. The molecule has 6 heteroatoms. The second-order valence-corrected chi connectivity index (χ2v) is 4.15. The quantitative estimate of drug-likeness (QED) is 0.482. The fourth-order valence-electron chi connectivity index (χ4n) is 1.27. The fraction of sp³-hybridized carbons (Fsp3) is 0.400. The Hall–Kier alpha value is -0.790. The third-order valence-electron chi connectivity index (χ3n) is 1.92. The summed E-state index contributed by atoms with van der Waals surface area (Å²) in [6.07, 6.45) is -2.73. The lowest BCUT2D eigenvalue weighted by molar-refractivity contribution is 0.0507. The Labute approximate surface area is 105 Å². The number of ether oxygens (including phenoxy) is 1. The van der Waals surface area contributed by atoms with Crippen molar-refractivity contribution in [3.8, 4) is 0 Å². The van der Waals surface area contributed by atoms with Gasteiger partial charge in [0.15, 0.2) is 5.69 Å². The Kier molecular flexibility index (Phi) is 4.57. The molecule has 0 saturated heterocycles. The molecule has 1 heterocycles. The van der Waals surface area contributed by atoms with Gasteiger partial charge in [-0.1, -0.05) is 0 Å². The highest BCUT2D eigenvalue weighted by molar-refractivity contribution is 14.1. The largest absolute Gasteiger partial charge is 0.461 e. The zero-order valence-electron chi connectivity index (χ0n) is 8.76. The van der Waals surface area contributed by atoms with Crippen LogP contribution in [-0.2, 0) is 4.74 Å². The van der Waals surface area contributed by atoms with Gasteiger partial charge in [-0.05, 0) is 48.1 Å². The van der Waals surface area contributed by atoms with Crippen molar-refractivity contribution in [3.05, 3.63) is 26.6 Å². The summed E-state index contributed by atoms with van der Waals surface area (Å²) >= 11 is 1.87. The Morgan fingerprint density at radius 3 is 2.75 bits per heavy atom.